The number of carbonyl (C=O) groups excluding carboxylic acids is 1. The van der Waals surface area contributed by atoms with Gasteiger partial charge in [-0.3, -0.25) is 4.79 Å². The van der Waals surface area contributed by atoms with Crippen LogP contribution in [0.2, 0.25) is 0 Å². The first-order chi connectivity index (χ1) is 17.2. The van der Waals surface area contributed by atoms with Crippen LogP contribution in [0.25, 0.3) is 0 Å². The molecule has 1 aliphatic heterocycles. The summed E-state index contributed by atoms with van der Waals surface area (Å²) in [6.07, 6.45) is 0.129. The Morgan fingerprint density at radius 1 is 1.35 bits per heavy atom. The molecular formula is C21H19F5N6O4S. The molecule has 0 unspecified atom stereocenters. The van der Waals surface area contributed by atoms with Crippen molar-refractivity contribution < 1.29 is 39.9 Å². The number of nitrogens with zero attached hydrogens (tertiary/aromatic N) is 4. The lowest BCUT2D eigenvalue weighted by Crippen LogP contribution is -2.61. The van der Waals surface area contributed by atoms with Crippen LogP contribution in [-0.4, -0.2) is 66.7 Å². The molecule has 2 heterocycles. The number of hydrogen-bond donors (Lipinski definition) is 2. The van der Waals surface area contributed by atoms with E-state index < -0.39 is 74.4 Å². The van der Waals surface area contributed by atoms with E-state index >= 15 is 4.39 Å². The number of aliphatic imine (C=N–C) groups is 1. The number of methoxy groups -OCH3 is 1. The Kier molecular flexibility index (Phi) is 7.42. The largest absolute Gasteiger partial charge is 0.434 e. The Morgan fingerprint density at radius 2 is 2.03 bits per heavy atom. The third kappa shape index (κ3) is 4.91. The van der Waals surface area contributed by atoms with E-state index in [0.717, 1.165) is 32.4 Å². The number of benzene rings is 1. The van der Waals surface area contributed by atoms with Gasteiger partial charge in [0.15, 0.2) is 11.2 Å². The summed E-state index contributed by atoms with van der Waals surface area (Å²) >= 11 is 0. The van der Waals surface area contributed by atoms with Crippen molar-refractivity contribution in [2.45, 2.75) is 23.1 Å². The van der Waals surface area contributed by atoms with Gasteiger partial charge in [-0.05, 0) is 18.2 Å². The second-order valence-corrected chi connectivity index (χ2v) is 9.76. The highest BCUT2D eigenvalue weighted by molar-refractivity contribution is 7.90. The van der Waals surface area contributed by atoms with Crippen LogP contribution in [0, 0.1) is 18.2 Å². The van der Waals surface area contributed by atoms with Crippen molar-refractivity contribution in [2.75, 3.05) is 26.1 Å². The summed E-state index contributed by atoms with van der Waals surface area (Å²) in [6.45, 7) is -1.34. The number of rotatable bonds is 6. The van der Waals surface area contributed by atoms with E-state index in [9.17, 15) is 30.8 Å². The molecule has 1 aromatic heterocycles. The number of carbonyl (C=O) groups is 1. The number of terminal acetylenes is 1. The second kappa shape index (κ2) is 9.90. The third-order valence-corrected chi connectivity index (χ3v) is 7.79. The van der Waals surface area contributed by atoms with Gasteiger partial charge in [0.25, 0.3) is 5.91 Å². The molecule has 3 rings (SSSR count). The van der Waals surface area contributed by atoms with Gasteiger partial charge in [0.1, 0.15) is 29.5 Å². The molecule has 37 heavy (non-hydrogen) atoms. The molecule has 1 aromatic carbocycles. The summed E-state index contributed by atoms with van der Waals surface area (Å²) in [6, 6.07) is 2.83. The molecule has 198 valence electrons. The summed E-state index contributed by atoms with van der Waals surface area (Å²) < 4.78 is 99.1. The average molecular weight is 546 g/mol. The molecule has 0 aliphatic carbocycles. The van der Waals surface area contributed by atoms with Crippen LogP contribution in [0.3, 0.4) is 0 Å². The van der Waals surface area contributed by atoms with Gasteiger partial charge >= 0.3 is 6.18 Å². The summed E-state index contributed by atoms with van der Waals surface area (Å²) in [4.78, 5) is 23.1. The van der Waals surface area contributed by atoms with Crippen LogP contribution >= 0.6 is 0 Å². The molecule has 1 aliphatic rings. The zero-order chi connectivity index (χ0) is 27.8. The summed E-state index contributed by atoms with van der Waals surface area (Å²) in [5.41, 5.74) is 0.757. The first-order valence-corrected chi connectivity index (χ1v) is 11.6. The Labute approximate surface area is 207 Å². The molecule has 0 saturated carbocycles. The van der Waals surface area contributed by atoms with Crippen molar-refractivity contribution in [3.05, 3.63) is 53.4 Å². The van der Waals surface area contributed by atoms with Gasteiger partial charge in [0.2, 0.25) is 16.0 Å². The summed E-state index contributed by atoms with van der Waals surface area (Å²) in [7, 11) is -2.47. The smallest absolute Gasteiger partial charge is 0.377 e. The lowest BCUT2D eigenvalue weighted by atomic mass is 9.84. The quantitative estimate of drug-likeness (QED) is 0.415. The molecule has 1 amide bonds. The molecule has 3 N–H and O–H groups in total. The van der Waals surface area contributed by atoms with Crippen molar-refractivity contribution in [2.24, 2.45) is 10.7 Å². The van der Waals surface area contributed by atoms with Gasteiger partial charge in [0, 0.05) is 25.4 Å². The Morgan fingerprint density at radius 3 is 2.54 bits per heavy atom. The van der Waals surface area contributed by atoms with E-state index in [1.165, 1.54) is 0 Å². The molecule has 3 atom stereocenters. The normalized spacial score (nSPS) is 22.1. The number of anilines is 1. The predicted octanol–water partition coefficient (Wildman–Crippen LogP) is 1.66. The first-order valence-electron chi connectivity index (χ1n) is 10.1. The number of aromatic nitrogens is 2. The van der Waals surface area contributed by atoms with Crippen LogP contribution in [0.4, 0.5) is 27.6 Å². The number of guanidine groups is 1. The number of hydrogen-bond acceptors (Lipinski definition) is 8. The SMILES string of the molecule is C#C[C@]1(c2cc(NC(=O)c3cnc(C(F)(F)F)cn3)ccc2F)N=C(N)N(C)S(=O)(=O)[C@@H]1[C@H](CF)OC. The van der Waals surface area contributed by atoms with E-state index in [4.69, 9.17) is 16.9 Å². The maximum atomic E-state index is 15.1. The van der Waals surface area contributed by atoms with Crippen molar-refractivity contribution in [1.82, 2.24) is 14.3 Å². The topological polar surface area (TPSA) is 140 Å². The molecule has 0 fully saturated rings. The number of amides is 1. The van der Waals surface area contributed by atoms with Crippen molar-refractivity contribution in [3.63, 3.8) is 0 Å². The maximum Gasteiger partial charge on any atom is 0.434 e. The van der Waals surface area contributed by atoms with Crippen LogP contribution in [-0.2, 0) is 26.5 Å². The zero-order valence-corrected chi connectivity index (χ0v) is 19.9. The van der Waals surface area contributed by atoms with Gasteiger partial charge in [-0.2, -0.15) is 13.2 Å². The minimum Gasteiger partial charge on any atom is -0.377 e. The van der Waals surface area contributed by atoms with E-state index in [2.05, 4.69) is 26.2 Å². The Balaban J connectivity index is 2.10. The van der Waals surface area contributed by atoms with Crippen molar-refractivity contribution in [3.8, 4) is 12.3 Å². The van der Waals surface area contributed by atoms with Gasteiger partial charge in [-0.1, -0.05) is 5.92 Å². The van der Waals surface area contributed by atoms with Gasteiger partial charge < -0.3 is 15.8 Å². The van der Waals surface area contributed by atoms with Gasteiger partial charge in [0.05, 0.1) is 12.4 Å². The number of alkyl halides is 4. The van der Waals surface area contributed by atoms with Crippen LogP contribution < -0.4 is 11.1 Å². The lowest BCUT2D eigenvalue weighted by Gasteiger charge is -2.42. The van der Waals surface area contributed by atoms with E-state index in [1.54, 1.807) is 0 Å². The Hall–Kier alpha value is -3.84. The molecular weight excluding hydrogens is 527 g/mol. The molecule has 0 bridgehead atoms. The van der Waals surface area contributed by atoms with Crippen LogP contribution in [0.5, 0.6) is 0 Å². The third-order valence-electron chi connectivity index (χ3n) is 5.55. The molecule has 16 heteroatoms. The number of nitrogens with one attached hydrogen (secondary N) is 1. The highest BCUT2D eigenvalue weighted by Gasteiger charge is 2.57. The van der Waals surface area contributed by atoms with E-state index in [-0.39, 0.29) is 5.69 Å². The standard InChI is InChI=1S/C21H19F5N6O4S/c1-4-20(17(15(8-22)36-3)37(34,35)32(2)19(27)31-20)12-7-11(5-6-13(12)23)30-18(33)14-9-29-16(10-28-14)21(24,25)26/h1,5-7,9-10,15,17H,8H2,2-3H3,(H2,27,31)(H,30,33)/t15-,17+,20+/m0/s1. The minimum atomic E-state index is -4.77. The highest BCUT2D eigenvalue weighted by Crippen LogP contribution is 2.42. The minimum absolute atomic E-state index is 0.171. The summed E-state index contributed by atoms with van der Waals surface area (Å²) in [5, 5.41) is 0.301. The molecule has 10 nitrogen and oxygen atoms in total. The fourth-order valence-electron chi connectivity index (χ4n) is 3.65. The molecule has 0 saturated heterocycles. The monoisotopic (exact) mass is 546 g/mol. The van der Waals surface area contributed by atoms with Crippen LogP contribution in [0.15, 0.2) is 35.6 Å². The lowest BCUT2D eigenvalue weighted by molar-refractivity contribution is -0.141. The first kappa shape index (κ1) is 27.7. The fraction of sp³-hybridized carbons (Fsp3) is 0.333. The predicted molar refractivity (Wildman–Crippen MR) is 121 cm³/mol. The van der Waals surface area contributed by atoms with Gasteiger partial charge in [-0.25, -0.2) is 36.5 Å². The molecule has 2 aromatic rings. The Bertz CT molecular complexity index is 1370. The number of nitrogens with two attached hydrogens (primary N) is 1. The fourth-order valence-corrected chi connectivity index (χ4v) is 5.54. The van der Waals surface area contributed by atoms with Crippen molar-refractivity contribution >= 4 is 27.6 Å². The molecule has 0 spiro atoms. The number of sulfonamides is 1. The maximum absolute atomic E-state index is 15.1. The highest BCUT2D eigenvalue weighted by atomic mass is 32.2. The van der Waals surface area contributed by atoms with E-state index in [0.29, 0.717) is 16.7 Å². The number of halogens is 5. The van der Waals surface area contributed by atoms with Crippen LogP contribution in [0.1, 0.15) is 21.7 Å². The average Bonchev–Trinajstić information content (AvgIpc) is 2.85. The van der Waals surface area contributed by atoms with Crippen molar-refractivity contribution in [1.29, 1.82) is 0 Å². The zero-order valence-electron chi connectivity index (χ0n) is 19.1. The molecule has 0 radical (unpaired) electrons. The van der Waals surface area contributed by atoms with Gasteiger partial charge in [-0.15, -0.1) is 6.42 Å². The summed E-state index contributed by atoms with van der Waals surface area (Å²) in [5.74, 6) is -0.597. The van der Waals surface area contributed by atoms with E-state index in [1.807, 2.05) is 0 Å². The number of ether oxygens (including phenoxy) is 1. The second-order valence-electron chi connectivity index (χ2n) is 7.68.